The molecule has 0 atom stereocenters. The Bertz CT molecular complexity index is 1080. The number of halogens is 2. The zero-order chi connectivity index (χ0) is 23.6. The van der Waals surface area contributed by atoms with Crippen LogP contribution in [0.5, 0.6) is 5.75 Å². The van der Waals surface area contributed by atoms with Gasteiger partial charge < -0.3 is 25.8 Å². The molecule has 0 aliphatic heterocycles. The number of aliphatic hydroxyl groups is 1. The second kappa shape index (κ2) is 11.7. The Morgan fingerprint density at radius 2 is 1.61 bits per heavy atom. The van der Waals surface area contributed by atoms with Gasteiger partial charge in [0.15, 0.2) is 0 Å². The zero-order valence-electron chi connectivity index (χ0n) is 17.6. The summed E-state index contributed by atoms with van der Waals surface area (Å²) in [5, 5.41) is 16.6. The van der Waals surface area contributed by atoms with Crippen LogP contribution in [0.25, 0.3) is 11.1 Å². The van der Waals surface area contributed by atoms with Crippen molar-refractivity contribution in [1.82, 2.24) is 5.32 Å². The van der Waals surface area contributed by atoms with E-state index in [0.29, 0.717) is 5.56 Å². The lowest BCUT2D eigenvalue weighted by Gasteiger charge is -2.14. The summed E-state index contributed by atoms with van der Waals surface area (Å²) in [7, 11) is 0. The highest BCUT2D eigenvalue weighted by Gasteiger charge is 2.14. The van der Waals surface area contributed by atoms with Crippen LogP contribution in [-0.4, -0.2) is 43.2 Å². The maximum atomic E-state index is 12.7. The molecular formula is C24H23F2N3O4. The highest BCUT2D eigenvalue weighted by molar-refractivity contribution is 6.05. The molecule has 0 saturated heterocycles. The molecule has 33 heavy (non-hydrogen) atoms. The molecule has 0 unspecified atom stereocenters. The first kappa shape index (κ1) is 23.8. The summed E-state index contributed by atoms with van der Waals surface area (Å²) in [6.45, 7) is -3.18. The van der Waals surface area contributed by atoms with E-state index in [-0.39, 0.29) is 36.8 Å². The van der Waals surface area contributed by atoms with Crippen LogP contribution in [0.1, 0.15) is 10.4 Å². The monoisotopic (exact) mass is 455 g/mol. The number of anilines is 2. The van der Waals surface area contributed by atoms with Crippen molar-refractivity contribution in [2.45, 2.75) is 6.61 Å². The van der Waals surface area contributed by atoms with Gasteiger partial charge in [-0.3, -0.25) is 9.59 Å². The fourth-order valence-corrected chi connectivity index (χ4v) is 3.03. The van der Waals surface area contributed by atoms with E-state index in [0.717, 1.165) is 11.1 Å². The Kier molecular flexibility index (Phi) is 8.45. The number of rotatable bonds is 10. The Hall–Kier alpha value is -3.82. The van der Waals surface area contributed by atoms with Gasteiger partial charge in [0, 0.05) is 17.8 Å². The van der Waals surface area contributed by atoms with Crippen LogP contribution < -0.4 is 20.7 Å². The normalized spacial score (nSPS) is 10.7. The van der Waals surface area contributed by atoms with E-state index >= 15 is 0 Å². The molecule has 2 amide bonds. The number of nitrogens with one attached hydrogen (secondary N) is 3. The van der Waals surface area contributed by atoms with Gasteiger partial charge in [-0.05, 0) is 41.5 Å². The highest BCUT2D eigenvalue weighted by atomic mass is 19.3. The molecule has 0 fully saturated rings. The van der Waals surface area contributed by atoms with Gasteiger partial charge in [0.1, 0.15) is 5.75 Å². The lowest BCUT2D eigenvalue weighted by Crippen LogP contribution is -2.30. The summed E-state index contributed by atoms with van der Waals surface area (Å²) in [5.41, 5.74) is 2.64. The van der Waals surface area contributed by atoms with E-state index in [1.807, 2.05) is 42.5 Å². The summed E-state index contributed by atoms with van der Waals surface area (Å²) >= 11 is 0. The van der Waals surface area contributed by atoms with Crippen molar-refractivity contribution in [2.24, 2.45) is 0 Å². The van der Waals surface area contributed by atoms with Crippen molar-refractivity contribution < 1.29 is 28.2 Å². The zero-order valence-corrected chi connectivity index (χ0v) is 17.6. The summed E-state index contributed by atoms with van der Waals surface area (Å²) in [6, 6.07) is 20.7. The average molecular weight is 455 g/mol. The molecule has 0 bridgehead atoms. The van der Waals surface area contributed by atoms with Gasteiger partial charge in [0.05, 0.1) is 18.8 Å². The minimum absolute atomic E-state index is 0.0247. The number of amides is 2. The largest absolute Gasteiger partial charge is 0.433 e. The Labute approximate surface area is 189 Å². The summed E-state index contributed by atoms with van der Waals surface area (Å²) < 4.78 is 29.9. The fourth-order valence-electron chi connectivity index (χ4n) is 3.03. The molecule has 7 nitrogen and oxygen atoms in total. The molecule has 0 aromatic heterocycles. The van der Waals surface area contributed by atoms with Crippen molar-refractivity contribution in [3.8, 4) is 16.9 Å². The third-order valence-corrected chi connectivity index (χ3v) is 4.56. The maximum absolute atomic E-state index is 12.7. The summed E-state index contributed by atoms with van der Waals surface area (Å²) in [4.78, 5) is 24.7. The smallest absolute Gasteiger partial charge is 0.387 e. The fraction of sp³-hybridized carbons (Fsp3) is 0.167. The quantitative estimate of drug-likeness (QED) is 0.349. The predicted octanol–water partition coefficient (Wildman–Crippen LogP) is 3.73. The number of ether oxygens (including phenoxy) is 1. The van der Waals surface area contributed by atoms with Gasteiger partial charge in [-0.25, -0.2) is 0 Å². The van der Waals surface area contributed by atoms with Crippen molar-refractivity contribution in [3.05, 3.63) is 78.4 Å². The minimum Gasteiger partial charge on any atom is -0.433 e. The number of carbonyl (C=O) groups excluding carboxylic acids is 2. The highest BCUT2D eigenvalue weighted by Crippen LogP contribution is 2.30. The first-order valence-corrected chi connectivity index (χ1v) is 10.1. The topological polar surface area (TPSA) is 99.7 Å². The molecule has 0 saturated carbocycles. The standard InChI is InChI=1S/C24H23F2N3O4/c25-24(26)33-21-11-10-19(14-20(21)29-22(31)15-27-12-13-30)28-23(32)18-8-6-17(7-9-18)16-4-2-1-3-5-16/h1-11,14,24,27,30H,12-13,15H2,(H,28,32)(H,29,31). The van der Waals surface area contributed by atoms with E-state index in [4.69, 9.17) is 5.11 Å². The van der Waals surface area contributed by atoms with Crippen LogP contribution in [0.3, 0.4) is 0 Å². The average Bonchev–Trinajstić information content (AvgIpc) is 2.81. The SMILES string of the molecule is O=C(CNCCO)Nc1cc(NC(=O)c2ccc(-c3ccccc3)cc2)ccc1OC(F)F. The molecule has 3 aromatic rings. The van der Waals surface area contributed by atoms with E-state index < -0.39 is 18.4 Å². The van der Waals surface area contributed by atoms with Crippen molar-refractivity contribution in [1.29, 1.82) is 0 Å². The first-order valence-electron chi connectivity index (χ1n) is 10.1. The number of carbonyl (C=O) groups is 2. The Morgan fingerprint density at radius 3 is 2.27 bits per heavy atom. The molecule has 0 aliphatic carbocycles. The number of alkyl halides is 2. The molecule has 0 heterocycles. The number of hydrogen-bond donors (Lipinski definition) is 4. The third-order valence-electron chi connectivity index (χ3n) is 4.56. The first-order chi connectivity index (χ1) is 16.0. The van der Waals surface area contributed by atoms with Gasteiger partial charge in [0.25, 0.3) is 5.91 Å². The van der Waals surface area contributed by atoms with Crippen LogP contribution >= 0.6 is 0 Å². The maximum Gasteiger partial charge on any atom is 0.387 e. The van der Waals surface area contributed by atoms with E-state index in [9.17, 15) is 18.4 Å². The number of aliphatic hydroxyl groups excluding tert-OH is 1. The summed E-state index contributed by atoms with van der Waals surface area (Å²) in [5.74, 6) is -1.17. The lowest BCUT2D eigenvalue weighted by molar-refractivity contribution is -0.115. The van der Waals surface area contributed by atoms with Gasteiger partial charge >= 0.3 is 6.61 Å². The molecule has 3 rings (SSSR count). The van der Waals surface area contributed by atoms with Crippen molar-refractivity contribution in [2.75, 3.05) is 30.3 Å². The van der Waals surface area contributed by atoms with Gasteiger partial charge in [-0.1, -0.05) is 42.5 Å². The molecule has 4 N–H and O–H groups in total. The second-order valence-electron chi connectivity index (χ2n) is 6.94. The van der Waals surface area contributed by atoms with Crippen LogP contribution in [0.2, 0.25) is 0 Å². The van der Waals surface area contributed by atoms with Crippen molar-refractivity contribution >= 4 is 23.2 Å². The molecule has 9 heteroatoms. The minimum atomic E-state index is -3.09. The van der Waals surface area contributed by atoms with E-state index in [1.54, 1.807) is 12.1 Å². The third kappa shape index (κ3) is 7.09. The van der Waals surface area contributed by atoms with Crippen LogP contribution in [0, 0.1) is 0 Å². The Morgan fingerprint density at radius 1 is 0.909 bits per heavy atom. The molecule has 0 spiro atoms. The van der Waals surface area contributed by atoms with Crippen LogP contribution in [0.4, 0.5) is 20.2 Å². The van der Waals surface area contributed by atoms with Crippen LogP contribution in [0.15, 0.2) is 72.8 Å². The molecule has 0 radical (unpaired) electrons. The van der Waals surface area contributed by atoms with Gasteiger partial charge in [0.2, 0.25) is 5.91 Å². The van der Waals surface area contributed by atoms with Gasteiger partial charge in [-0.15, -0.1) is 0 Å². The molecule has 172 valence electrons. The number of hydrogen-bond acceptors (Lipinski definition) is 5. The Balaban J connectivity index is 1.72. The molecule has 3 aromatic carbocycles. The van der Waals surface area contributed by atoms with Crippen LogP contribution in [-0.2, 0) is 4.79 Å². The second-order valence-corrected chi connectivity index (χ2v) is 6.94. The summed E-state index contributed by atoms with van der Waals surface area (Å²) in [6.07, 6.45) is 0. The number of benzene rings is 3. The van der Waals surface area contributed by atoms with E-state index in [2.05, 4.69) is 20.7 Å². The van der Waals surface area contributed by atoms with E-state index in [1.165, 1.54) is 18.2 Å². The van der Waals surface area contributed by atoms with Gasteiger partial charge in [-0.2, -0.15) is 8.78 Å². The molecule has 0 aliphatic rings. The van der Waals surface area contributed by atoms with Crippen molar-refractivity contribution in [3.63, 3.8) is 0 Å². The molecular weight excluding hydrogens is 432 g/mol. The lowest BCUT2D eigenvalue weighted by atomic mass is 10.0. The predicted molar refractivity (Wildman–Crippen MR) is 121 cm³/mol.